The molecule has 166 valence electrons. The van der Waals surface area contributed by atoms with Gasteiger partial charge in [0.15, 0.2) is 0 Å². The summed E-state index contributed by atoms with van der Waals surface area (Å²) < 4.78 is 13.2. The molecule has 1 unspecified atom stereocenters. The van der Waals surface area contributed by atoms with E-state index in [0.29, 0.717) is 18.8 Å². The first-order valence-electron chi connectivity index (χ1n) is 10.5. The average Bonchev–Trinajstić information content (AvgIpc) is 3.25. The van der Waals surface area contributed by atoms with Crippen molar-refractivity contribution in [2.24, 2.45) is 5.73 Å². The Bertz CT molecular complexity index is 837. The molecule has 0 aromatic heterocycles. The maximum atomic E-state index is 13.2. The molecule has 6 nitrogen and oxygen atoms in total. The summed E-state index contributed by atoms with van der Waals surface area (Å²) in [4.78, 5) is 24.7. The molecule has 1 fully saturated rings. The van der Waals surface area contributed by atoms with Crippen LogP contribution in [0.2, 0.25) is 0 Å². The van der Waals surface area contributed by atoms with Crippen LogP contribution in [0.4, 0.5) is 4.39 Å². The van der Waals surface area contributed by atoms with Crippen molar-refractivity contribution in [1.82, 2.24) is 15.3 Å². The fraction of sp³-hybridized carbons (Fsp3) is 0.391. The first-order chi connectivity index (χ1) is 15.1. The van der Waals surface area contributed by atoms with Gasteiger partial charge in [-0.3, -0.25) is 14.6 Å². The predicted molar refractivity (Wildman–Crippen MR) is 121 cm³/mol. The number of hydrogen-bond acceptors (Lipinski definition) is 5. The maximum absolute atomic E-state index is 13.2. The minimum atomic E-state index is -0.262. The minimum absolute atomic E-state index is 0.0157. The summed E-state index contributed by atoms with van der Waals surface area (Å²) in [7, 11) is 0. The third-order valence-corrected chi connectivity index (χ3v) is 6.55. The normalized spacial score (nSPS) is 17.3. The van der Waals surface area contributed by atoms with Crippen LogP contribution in [-0.2, 0) is 16.0 Å². The molecule has 1 aliphatic rings. The molecule has 0 bridgehead atoms. The van der Waals surface area contributed by atoms with Crippen molar-refractivity contribution >= 4 is 24.1 Å². The van der Waals surface area contributed by atoms with E-state index in [1.807, 2.05) is 23.2 Å². The van der Waals surface area contributed by atoms with Crippen molar-refractivity contribution in [1.29, 1.82) is 0 Å². The highest BCUT2D eigenvalue weighted by Gasteiger charge is 2.31. The summed E-state index contributed by atoms with van der Waals surface area (Å²) in [6.07, 6.45) is 3.30. The molecule has 0 spiro atoms. The first-order valence-corrected chi connectivity index (χ1v) is 11.5. The quantitative estimate of drug-likeness (QED) is 0.411. The lowest BCUT2D eigenvalue weighted by Crippen LogP contribution is -2.50. The largest absolute Gasteiger partial charge is 0.351 e. The van der Waals surface area contributed by atoms with Gasteiger partial charge in [0.2, 0.25) is 12.3 Å². The topological polar surface area (TPSA) is 78.7 Å². The Hall–Kier alpha value is -2.42. The summed E-state index contributed by atoms with van der Waals surface area (Å²) >= 11 is 1.61. The van der Waals surface area contributed by atoms with Crippen LogP contribution >= 0.6 is 11.8 Å². The number of hydrazine groups is 1. The van der Waals surface area contributed by atoms with E-state index >= 15 is 0 Å². The van der Waals surface area contributed by atoms with E-state index < -0.39 is 0 Å². The SMILES string of the molecule is NCC(=O)N[C@@H]1CCN(N(C=O)C(CCc2ccccc2)CSc2ccc(F)cc2)C1. The van der Waals surface area contributed by atoms with E-state index in [2.05, 4.69) is 17.4 Å². The molecule has 3 rings (SSSR count). The number of hydrogen-bond donors (Lipinski definition) is 2. The molecule has 2 aromatic rings. The Kier molecular flexibility index (Phi) is 8.87. The Labute approximate surface area is 186 Å². The van der Waals surface area contributed by atoms with Gasteiger partial charge < -0.3 is 11.1 Å². The molecule has 0 aliphatic carbocycles. The molecule has 1 heterocycles. The van der Waals surface area contributed by atoms with Crippen molar-refractivity contribution in [2.45, 2.75) is 36.2 Å². The number of benzene rings is 2. The second kappa shape index (κ2) is 11.8. The Morgan fingerprint density at radius 3 is 2.68 bits per heavy atom. The van der Waals surface area contributed by atoms with Crippen LogP contribution in [0.25, 0.3) is 0 Å². The summed E-state index contributed by atoms with van der Waals surface area (Å²) in [6.45, 7) is 1.23. The van der Waals surface area contributed by atoms with Crippen LogP contribution in [0.1, 0.15) is 18.4 Å². The van der Waals surface area contributed by atoms with E-state index in [1.165, 1.54) is 17.7 Å². The van der Waals surface area contributed by atoms with Gasteiger partial charge in [0.05, 0.1) is 12.6 Å². The van der Waals surface area contributed by atoms with Crippen molar-refractivity contribution in [3.8, 4) is 0 Å². The summed E-state index contributed by atoms with van der Waals surface area (Å²) in [5.74, 6) is 0.243. The van der Waals surface area contributed by atoms with Crippen LogP contribution in [0.5, 0.6) is 0 Å². The van der Waals surface area contributed by atoms with Gasteiger partial charge in [-0.15, -0.1) is 11.8 Å². The summed E-state index contributed by atoms with van der Waals surface area (Å²) in [5.41, 5.74) is 6.62. The van der Waals surface area contributed by atoms with Gasteiger partial charge >= 0.3 is 0 Å². The zero-order valence-electron chi connectivity index (χ0n) is 17.5. The lowest BCUT2D eigenvalue weighted by molar-refractivity contribution is -0.137. The molecule has 8 heteroatoms. The van der Waals surface area contributed by atoms with Gasteiger partial charge in [0.1, 0.15) is 5.82 Å². The lowest BCUT2D eigenvalue weighted by atomic mass is 10.1. The highest BCUT2D eigenvalue weighted by Crippen LogP contribution is 2.24. The molecule has 1 aliphatic heterocycles. The summed E-state index contributed by atoms with van der Waals surface area (Å²) in [6, 6.07) is 16.6. The Morgan fingerprint density at radius 1 is 1.26 bits per heavy atom. The number of thioether (sulfide) groups is 1. The number of aryl methyl sites for hydroxylation is 1. The van der Waals surface area contributed by atoms with Crippen LogP contribution in [0.3, 0.4) is 0 Å². The van der Waals surface area contributed by atoms with Gasteiger partial charge in [-0.1, -0.05) is 30.3 Å². The fourth-order valence-electron chi connectivity index (χ4n) is 3.73. The number of nitrogens with two attached hydrogens (primary N) is 1. The van der Waals surface area contributed by atoms with Gasteiger partial charge in [-0.05, 0) is 49.1 Å². The van der Waals surface area contributed by atoms with Gasteiger partial charge in [0.25, 0.3) is 0 Å². The molecule has 2 aromatic carbocycles. The number of rotatable bonds is 11. The van der Waals surface area contributed by atoms with Crippen molar-refractivity contribution in [2.75, 3.05) is 25.4 Å². The zero-order valence-corrected chi connectivity index (χ0v) is 18.3. The van der Waals surface area contributed by atoms with Gasteiger partial charge in [0, 0.05) is 29.8 Å². The molecule has 31 heavy (non-hydrogen) atoms. The van der Waals surface area contributed by atoms with E-state index in [-0.39, 0.29) is 30.4 Å². The van der Waals surface area contributed by atoms with Crippen LogP contribution in [0.15, 0.2) is 59.5 Å². The van der Waals surface area contributed by atoms with Crippen LogP contribution in [0, 0.1) is 5.82 Å². The monoisotopic (exact) mass is 444 g/mol. The van der Waals surface area contributed by atoms with Crippen molar-refractivity contribution in [3.63, 3.8) is 0 Å². The predicted octanol–water partition coefficient (Wildman–Crippen LogP) is 2.44. The third kappa shape index (κ3) is 7.05. The first kappa shape index (κ1) is 23.2. The Balaban J connectivity index is 1.67. The van der Waals surface area contributed by atoms with Crippen LogP contribution < -0.4 is 11.1 Å². The number of amides is 2. The van der Waals surface area contributed by atoms with E-state index in [0.717, 1.165) is 30.6 Å². The number of nitrogens with zero attached hydrogens (tertiary/aromatic N) is 2. The fourth-order valence-corrected chi connectivity index (χ4v) is 4.77. The summed E-state index contributed by atoms with van der Waals surface area (Å²) in [5, 5.41) is 6.69. The minimum Gasteiger partial charge on any atom is -0.351 e. The molecular formula is C23H29FN4O2S. The van der Waals surface area contributed by atoms with E-state index in [9.17, 15) is 14.0 Å². The molecule has 2 atom stereocenters. The molecular weight excluding hydrogens is 415 g/mol. The number of halogens is 1. The number of nitrogens with one attached hydrogen (secondary N) is 1. The second-order valence-corrected chi connectivity index (χ2v) is 8.69. The molecule has 0 saturated carbocycles. The smallest absolute Gasteiger partial charge is 0.233 e. The standard InChI is InChI=1S/C23H29FN4O2S/c24-19-7-10-22(11-8-19)31-16-21(9-6-18-4-2-1-3-5-18)28(17-29)27-13-12-20(15-27)26-23(30)14-25/h1-5,7-8,10-11,17,20-21H,6,9,12-16,25H2,(H,26,30)/t20-,21?/m1/s1. The Morgan fingerprint density at radius 2 is 2.00 bits per heavy atom. The average molecular weight is 445 g/mol. The van der Waals surface area contributed by atoms with E-state index in [1.54, 1.807) is 28.9 Å². The zero-order chi connectivity index (χ0) is 22.1. The lowest BCUT2D eigenvalue weighted by Gasteiger charge is -2.35. The highest BCUT2D eigenvalue weighted by molar-refractivity contribution is 7.99. The van der Waals surface area contributed by atoms with Gasteiger partial charge in [-0.2, -0.15) is 0 Å². The van der Waals surface area contributed by atoms with Gasteiger partial charge in [-0.25, -0.2) is 9.40 Å². The molecule has 1 saturated heterocycles. The van der Waals surface area contributed by atoms with Crippen molar-refractivity contribution in [3.05, 3.63) is 66.0 Å². The van der Waals surface area contributed by atoms with E-state index in [4.69, 9.17) is 5.73 Å². The van der Waals surface area contributed by atoms with Crippen molar-refractivity contribution < 1.29 is 14.0 Å². The molecule has 3 N–H and O–H groups in total. The molecule has 0 radical (unpaired) electrons. The molecule has 2 amide bonds. The maximum Gasteiger partial charge on any atom is 0.233 e. The second-order valence-electron chi connectivity index (χ2n) is 7.60. The highest BCUT2D eigenvalue weighted by atomic mass is 32.2. The number of carbonyl (C=O) groups is 2. The number of carbonyl (C=O) groups excluding carboxylic acids is 2. The third-order valence-electron chi connectivity index (χ3n) is 5.39. The van der Waals surface area contributed by atoms with Crippen LogP contribution in [-0.4, -0.2) is 59.8 Å².